The molecule has 4 atom stereocenters. The number of hydrogen-bond donors (Lipinski definition) is 1. The van der Waals surface area contributed by atoms with Crippen LogP contribution in [0.3, 0.4) is 0 Å². The molecule has 4 aromatic heterocycles. The van der Waals surface area contributed by atoms with Crippen molar-refractivity contribution in [2.45, 2.75) is 12.8 Å². The number of hydrogen-bond acceptors (Lipinski definition) is 15. The number of carbonyl (C=O) groups excluding carboxylic acids is 3. The van der Waals surface area contributed by atoms with E-state index >= 15 is 0 Å². The number of anilines is 2. The molecule has 20 heteroatoms. The molecule has 2 saturated carbocycles. The Hall–Kier alpha value is -0.0173. The molecular formula is C33H47BrK2N8O7S2. The zero-order chi connectivity index (χ0) is 36.5. The second-order valence-corrected chi connectivity index (χ2v) is 15.3. The molecule has 0 spiro atoms. The molecule has 53 heavy (non-hydrogen) atoms. The summed E-state index contributed by atoms with van der Waals surface area (Å²) in [5.41, 5.74) is 2.46. The second kappa shape index (κ2) is 23.4. The summed E-state index contributed by atoms with van der Waals surface area (Å²) in [5.74, 6) is 3.54. The third kappa shape index (κ3) is 12.7. The van der Waals surface area contributed by atoms with Crippen LogP contribution in [0.2, 0.25) is 0 Å². The summed E-state index contributed by atoms with van der Waals surface area (Å²) in [6.45, 7) is 9.14. The maximum Gasteiger partial charge on any atom is 1.00 e. The number of nitrogens with one attached hydrogen (secondary N) is 1. The van der Waals surface area contributed by atoms with Gasteiger partial charge in [0.15, 0.2) is 11.6 Å². The Morgan fingerprint density at radius 2 is 1.32 bits per heavy atom. The Balaban J connectivity index is 0.000000281. The van der Waals surface area contributed by atoms with Crippen LogP contribution in [0.1, 0.15) is 14.3 Å². The molecule has 0 aromatic carbocycles. The number of methoxy groups -OCH3 is 2. The molecule has 4 aromatic rings. The molecule has 0 radical (unpaired) electrons. The number of esters is 2. The first-order chi connectivity index (χ1) is 24.7. The number of rotatable bonds is 8. The van der Waals surface area contributed by atoms with Crippen molar-refractivity contribution >= 4 is 89.1 Å². The van der Waals surface area contributed by atoms with Crippen LogP contribution in [0.25, 0.3) is 20.4 Å². The summed E-state index contributed by atoms with van der Waals surface area (Å²) in [5, 5.41) is 26.3. The van der Waals surface area contributed by atoms with E-state index in [9.17, 15) is 9.59 Å². The van der Waals surface area contributed by atoms with Crippen molar-refractivity contribution in [2.75, 3.05) is 88.3 Å². The quantitative estimate of drug-likeness (QED) is 0.0462. The topological polar surface area (TPSA) is 159 Å². The number of aryl methyl sites for hydroxylation is 2. The second-order valence-electron chi connectivity index (χ2n) is 12.8. The fourth-order valence-corrected chi connectivity index (χ4v) is 9.02. The number of piperazine rings is 2. The molecule has 2 aliphatic heterocycles. The van der Waals surface area contributed by atoms with Crippen LogP contribution in [-0.4, -0.2) is 121 Å². The van der Waals surface area contributed by atoms with Gasteiger partial charge in [-0.25, -0.2) is 0 Å². The Morgan fingerprint density at radius 3 is 1.75 bits per heavy atom. The zero-order valence-corrected chi connectivity index (χ0v) is 40.8. The third-order valence-electron chi connectivity index (χ3n) is 9.55. The number of ether oxygens (including phenoxy) is 2. The van der Waals surface area contributed by atoms with Crippen LogP contribution in [0.15, 0.2) is 22.9 Å². The SMILES string of the molecule is COC(=O)[C@@H]1CC1CN1CCN(c2nn(C)c3ccsc23)CC1.COC(=O)[C@@H]1C[C@H]1CBr.Cn1nc(N2CCNCC2)c2sccc21.O=CO[O-].[H-].[K+].[K+]. The average molecular weight is 890 g/mol. The molecule has 1 unspecified atom stereocenters. The molecule has 0 amide bonds. The van der Waals surface area contributed by atoms with E-state index in [2.05, 4.69) is 73.6 Å². The van der Waals surface area contributed by atoms with Crippen molar-refractivity contribution in [3.8, 4) is 0 Å². The van der Waals surface area contributed by atoms with Gasteiger partial charge in [0, 0.05) is 78.3 Å². The van der Waals surface area contributed by atoms with Crippen LogP contribution in [0, 0.1) is 23.7 Å². The third-order valence-corrected chi connectivity index (χ3v) is 12.2. The fraction of sp³-hybridized carbons (Fsp3) is 0.606. The van der Waals surface area contributed by atoms with Gasteiger partial charge in [-0.15, -0.1) is 22.7 Å². The maximum atomic E-state index is 11.5. The van der Waals surface area contributed by atoms with Gasteiger partial charge in [0.25, 0.3) is 6.47 Å². The fourth-order valence-electron chi connectivity index (χ4n) is 6.44. The molecule has 4 fully saturated rings. The van der Waals surface area contributed by atoms with Crippen molar-refractivity contribution in [1.29, 1.82) is 0 Å². The minimum Gasteiger partial charge on any atom is -1.00 e. The first kappa shape index (κ1) is 47.4. The molecule has 8 rings (SSSR count). The van der Waals surface area contributed by atoms with Gasteiger partial charge in [-0.1, -0.05) is 15.9 Å². The monoisotopic (exact) mass is 888 g/mol. The largest absolute Gasteiger partial charge is 1.00 e. The average Bonchev–Trinajstić information content (AvgIpc) is 3.86. The predicted molar refractivity (Wildman–Crippen MR) is 200 cm³/mol. The van der Waals surface area contributed by atoms with Crippen molar-refractivity contribution < 1.29 is 138 Å². The Morgan fingerprint density at radius 1 is 0.868 bits per heavy atom. The van der Waals surface area contributed by atoms with Gasteiger partial charge >= 0.3 is 115 Å². The van der Waals surface area contributed by atoms with Crippen molar-refractivity contribution in [3.63, 3.8) is 0 Å². The number of carbonyl (C=O) groups is 3. The van der Waals surface area contributed by atoms with Gasteiger partial charge in [-0.3, -0.25) is 28.6 Å². The van der Waals surface area contributed by atoms with E-state index < -0.39 is 0 Å². The first-order valence-corrected chi connectivity index (χ1v) is 19.8. The predicted octanol–water partition coefficient (Wildman–Crippen LogP) is -3.64. The van der Waals surface area contributed by atoms with Crippen molar-refractivity contribution in [3.05, 3.63) is 22.9 Å². The normalized spacial score (nSPS) is 21.6. The summed E-state index contributed by atoms with van der Waals surface area (Å²) in [6, 6.07) is 4.27. The van der Waals surface area contributed by atoms with Gasteiger partial charge in [0.05, 0.1) is 46.5 Å². The Labute approximate surface area is 412 Å². The Bertz CT molecular complexity index is 1750. The van der Waals surface area contributed by atoms with Crippen molar-refractivity contribution in [1.82, 2.24) is 29.8 Å². The number of nitrogens with zero attached hydrogens (tertiary/aromatic N) is 7. The van der Waals surface area contributed by atoms with Gasteiger partial charge in [0.2, 0.25) is 0 Å². The van der Waals surface area contributed by atoms with Crippen LogP contribution in [0.4, 0.5) is 11.6 Å². The van der Waals surface area contributed by atoms with E-state index in [0.717, 1.165) is 88.7 Å². The molecular weight excluding hydrogens is 843 g/mol. The number of aromatic nitrogens is 4. The van der Waals surface area contributed by atoms with E-state index in [1.807, 2.05) is 23.5 Å². The van der Waals surface area contributed by atoms with Crippen LogP contribution < -0.4 is 123 Å². The first-order valence-electron chi connectivity index (χ1n) is 16.9. The molecule has 2 aliphatic carbocycles. The van der Waals surface area contributed by atoms with Crippen LogP contribution in [-0.2, 0) is 42.8 Å². The zero-order valence-electron chi connectivity index (χ0n) is 32.4. The summed E-state index contributed by atoms with van der Waals surface area (Å²) in [4.78, 5) is 40.7. The van der Waals surface area contributed by atoms with E-state index in [1.165, 1.54) is 34.7 Å². The maximum absolute atomic E-state index is 11.5. The summed E-state index contributed by atoms with van der Waals surface area (Å²) < 4.78 is 15.9. The minimum atomic E-state index is -0.181. The van der Waals surface area contributed by atoms with Gasteiger partial charge in [-0.2, -0.15) is 10.2 Å². The minimum absolute atomic E-state index is 0. The van der Waals surface area contributed by atoms with E-state index in [-0.39, 0.29) is 134 Å². The van der Waals surface area contributed by atoms with Crippen LogP contribution >= 0.6 is 38.6 Å². The molecule has 0 bridgehead atoms. The molecule has 15 nitrogen and oxygen atoms in total. The number of halogens is 1. The summed E-state index contributed by atoms with van der Waals surface area (Å²) in [7, 11) is 6.94. The smallest absolute Gasteiger partial charge is 1.00 e. The van der Waals surface area contributed by atoms with E-state index in [4.69, 9.17) is 19.9 Å². The van der Waals surface area contributed by atoms with Gasteiger partial charge in [0.1, 0.15) is 0 Å². The Kier molecular flexibility index (Phi) is 20.9. The standard InChI is InChI=1S/C16H22N4O2S.C10H14N4S.C6H9BrO2.CH2O3.2K.H/c1-18-13-3-8-23-14(13)15(17-18)20-6-4-19(5-7-20)10-11-9-12(11)16(21)22-2;1-13-8-2-7-15-9(8)10(12-13)14-5-3-11-4-6-14;1-9-6(8)5-2-4(5)3-7;2-1-4-3;;;/h3,8,11-12H,4-7,9-10H2,1-2H3;2,7,11H,3-6H2,1H3;4-5H,2-3H2,1H3;1,3H;;;/q;;;;2*+1;-1/p-1/t11?,12-;;4-,5+;;;;/m1.0..../s1. The van der Waals surface area contributed by atoms with Crippen LogP contribution in [0.5, 0.6) is 0 Å². The van der Waals surface area contributed by atoms with E-state index in [0.29, 0.717) is 11.8 Å². The van der Waals surface area contributed by atoms with Gasteiger partial charge < -0.3 is 36.2 Å². The molecule has 1 N–H and O–H groups in total. The van der Waals surface area contributed by atoms with Crippen molar-refractivity contribution in [2.24, 2.45) is 37.8 Å². The molecule has 2 saturated heterocycles. The number of fused-ring (bicyclic) bond motifs is 2. The van der Waals surface area contributed by atoms with E-state index in [1.54, 1.807) is 22.7 Å². The molecule has 282 valence electrons. The summed E-state index contributed by atoms with van der Waals surface area (Å²) in [6.07, 6.45) is 1.99. The van der Waals surface area contributed by atoms with Gasteiger partial charge in [-0.05, 0) is 47.6 Å². The molecule has 4 aliphatic rings. The number of alkyl halides is 1. The molecule has 6 heterocycles. The number of thiophene rings is 2. The summed E-state index contributed by atoms with van der Waals surface area (Å²) >= 11 is 6.86.